The molecule has 0 fully saturated rings. The van der Waals surface area contributed by atoms with Crippen molar-refractivity contribution < 1.29 is 4.74 Å². The number of nitrogens with zero attached hydrogens (tertiary/aromatic N) is 3. The molecule has 0 unspecified atom stereocenters. The fraction of sp³-hybridized carbons (Fsp3) is 0.471. The summed E-state index contributed by atoms with van der Waals surface area (Å²) in [5.41, 5.74) is 2.15. The van der Waals surface area contributed by atoms with Gasteiger partial charge in [0.2, 0.25) is 5.88 Å². The van der Waals surface area contributed by atoms with Gasteiger partial charge in [0.05, 0.1) is 23.9 Å². The molecule has 0 saturated heterocycles. The first-order valence-corrected chi connectivity index (χ1v) is 8.89. The van der Waals surface area contributed by atoms with Gasteiger partial charge in [-0.05, 0) is 25.8 Å². The average Bonchev–Trinajstić information content (AvgIpc) is 2.91. The molecule has 2 N–H and O–H groups in total. The number of ether oxygens (including phenoxy) is 1. The highest BCUT2D eigenvalue weighted by Gasteiger charge is 2.06. The lowest BCUT2D eigenvalue weighted by Gasteiger charge is -2.11. The Morgan fingerprint density at radius 2 is 2.04 bits per heavy atom. The Balaban J connectivity index is 1.81. The largest absolute Gasteiger partial charge is 0.478 e. The van der Waals surface area contributed by atoms with E-state index in [1.54, 1.807) is 18.4 Å². The van der Waals surface area contributed by atoms with Crippen LogP contribution < -0.4 is 15.4 Å². The van der Waals surface area contributed by atoms with Gasteiger partial charge in [0.15, 0.2) is 5.96 Å². The van der Waals surface area contributed by atoms with Gasteiger partial charge in [-0.1, -0.05) is 13.0 Å². The van der Waals surface area contributed by atoms with Crippen molar-refractivity contribution >= 4 is 17.3 Å². The standard InChI is InChI=1S/C17H25N5OS/c1-5-8-23-16-7-6-14(9-19-16)10-20-17(18-4)21-11-15-12(2)22-13(3)24-15/h6-7,9H,5,8,10-11H2,1-4H3,(H2,18,20,21). The van der Waals surface area contributed by atoms with E-state index in [1.165, 1.54) is 4.88 Å². The molecule has 0 spiro atoms. The fourth-order valence-electron chi connectivity index (χ4n) is 2.12. The summed E-state index contributed by atoms with van der Waals surface area (Å²) in [6, 6.07) is 3.90. The number of hydrogen-bond donors (Lipinski definition) is 2. The summed E-state index contributed by atoms with van der Waals surface area (Å²) < 4.78 is 5.49. The van der Waals surface area contributed by atoms with Crippen molar-refractivity contribution in [2.75, 3.05) is 13.7 Å². The molecule has 0 saturated carbocycles. The highest BCUT2D eigenvalue weighted by atomic mass is 32.1. The molecular weight excluding hydrogens is 322 g/mol. The molecule has 7 heteroatoms. The van der Waals surface area contributed by atoms with Crippen molar-refractivity contribution in [3.05, 3.63) is 39.5 Å². The number of hydrogen-bond acceptors (Lipinski definition) is 5. The Bertz CT molecular complexity index is 666. The van der Waals surface area contributed by atoms with Crippen LogP contribution in [0.2, 0.25) is 0 Å². The third kappa shape index (κ3) is 5.49. The Labute approximate surface area is 147 Å². The molecule has 0 aliphatic heterocycles. The molecule has 2 heterocycles. The summed E-state index contributed by atoms with van der Waals surface area (Å²) in [7, 11) is 1.76. The van der Waals surface area contributed by atoms with Crippen LogP contribution in [0.5, 0.6) is 5.88 Å². The van der Waals surface area contributed by atoms with E-state index in [2.05, 4.69) is 32.5 Å². The second kappa shape index (κ2) is 9.22. The summed E-state index contributed by atoms with van der Waals surface area (Å²) in [6.07, 6.45) is 2.80. The van der Waals surface area contributed by atoms with Crippen LogP contribution in [0.25, 0.3) is 0 Å². The second-order valence-corrected chi connectivity index (χ2v) is 6.66. The third-order valence-corrected chi connectivity index (χ3v) is 4.42. The Morgan fingerprint density at radius 1 is 1.25 bits per heavy atom. The van der Waals surface area contributed by atoms with Gasteiger partial charge in [0, 0.05) is 30.7 Å². The van der Waals surface area contributed by atoms with Crippen molar-refractivity contribution in [2.45, 2.75) is 40.3 Å². The normalized spacial score (nSPS) is 11.4. The first kappa shape index (κ1) is 18.2. The van der Waals surface area contributed by atoms with Gasteiger partial charge in [0.25, 0.3) is 0 Å². The lowest BCUT2D eigenvalue weighted by molar-refractivity contribution is 0.305. The summed E-state index contributed by atoms with van der Waals surface area (Å²) >= 11 is 1.71. The van der Waals surface area contributed by atoms with Crippen molar-refractivity contribution in [1.82, 2.24) is 20.6 Å². The highest BCUT2D eigenvalue weighted by molar-refractivity contribution is 7.11. The van der Waals surface area contributed by atoms with E-state index in [-0.39, 0.29) is 0 Å². The summed E-state index contributed by atoms with van der Waals surface area (Å²) in [4.78, 5) is 14.2. The molecule has 24 heavy (non-hydrogen) atoms. The van der Waals surface area contributed by atoms with E-state index in [9.17, 15) is 0 Å². The van der Waals surface area contributed by atoms with Crippen LogP contribution in [0.4, 0.5) is 0 Å². The maximum absolute atomic E-state index is 5.49. The van der Waals surface area contributed by atoms with E-state index < -0.39 is 0 Å². The number of aromatic nitrogens is 2. The van der Waals surface area contributed by atoms with Crippen molar-refractivity contribution in [1.29, 1.82) is 0 Å². The molecule has 0 aliphatic rings. The number of pyridine rings is 1. The predicted molar refractivity (Wildman–Crippen MR) is 98.6 cm³/mol. The van der Waals surface area contributed by atoms with Crippen LogP contribution >= 0.6 is 11.3 Å². The van der Waals surface area contributed by atoms with Crippen molar-refractivity contribution in [3.63, 3.8) is 0 Å². The molecule has 0 amide bonds. The number of aryl methyl sites for hydroxylation is 2. The zero-order chi connectivity index (χ0) is 17.4. The Morgan fingerprint density at radius 3 is 2.62 bits per heavy atom. The third-order valence-electron chi connectivity index (χ3n) is 3.35. The molecule has 0 bridgehead atoms. The topological polar surface area (TPSA) is 71.4 Å². The minimum absolute atomic E-state index is 0.654. The van der Waals surface area contributed by atoms with Crippen LogP contribution in [0.3, 0.4) is 0 Å². The van der Waals surface area contributed by atoms with Crippen LogP contribution in [-0.4, -0.2) is 29.6 Å². The van der Waals surface area contributed by atoms with Gasteiger partial charge < -0.3 is 15.4 Å². The molecular formula is C17H25N5OS. The van der Waals surface area contributed by atoms with Crippen LogP contribution in [0.15, 0.2) is 23.3 Å². The average molecular weight is 347 g/mol. The van der Waals surface area contributed by atoms with E-state index in [0.29, 0.717) is 19.0 Å². The van der Waals surface area contributed by atoms with E-state index in [1.807, 2.05) is 32.2 Å². The van der Waals surface area contributed by atoms with Crippen LogP contribution in [-0.2, 0) is 13.1 Å². The maximum Gasteiger partial charge on any atom is 0.213 e. The first-order valence-electron chi connectivity index (χ1n) is 8.07. The zero-order valence-corrected chi connectivity index (χ0v) is 15.5. The predicted octanol–water partition coefficient (Wildman–Crippen LogP) is 2.81. The Kier molecular flexibility index (Phi) is 6.99. The molecule has 0 atom stereocenters. The molecule has 2 rings (SSSR count). The summed E-state index contributed by atoms with van der Waals surface area (Å²) in [5.74, 6) is 1.42. The van der Waals surface area contributed by atoms with Crippen LogP contribution in [0.1, 0.15) is 34.5 Å². The lowest BCUT2D eigenvalue weighted by atomic mass is 10.3. The van der Waals surface area contributed by atoms with E-state index >= 15 is 0 Å². The summed E-state index contributed by atoms with van der Waals surface area (Å²) in [6.45, 7) is 8.20. The zero-order valence-electron chi connectivity index (χ0n) is 14.7. The maximum atomic E-state index is 5.49. The van der Waals surface area contributed by atoms with Crippen LogP contribution in [0, 0.1) is 13.8 Å². The van der Waals surface area contributed by atoms with Gasteiger partial charge in [-0.15, -0.1) is 11.3 Å². The van der Waals surface area contributed by atoms with E-state index in [0.717, 1.165) is 35.2 Å². The minimum Gasteiger partial charge on any atom is -0.478 e. The number of rotatable bonds is 7. The minimum atomic E-state index is 0.654. The van der Waals surface area contributed by atoms with Crippen molar-refractivity contribution in [2.24, 2.45) is 4.99 Å². The quantitative estimate of drug-likeness (QED) is 0.595. The van der Waals surface area contributed by atoms with Crippen molar-refractivity contribution in [3.8, 4) is 5.88 Å². The van der Waals surface area contributed by atoms with Gasteiger partial charge >= 0.3 is 0 Å². The molecule has 2 aromatic rings. The lowest BCUT2D eigenvalue weighted by Crippen LogP contribution is -2.36. The summed E-state index contributed by atoms with van der Waals surface area (Å²) in [5, 5.41) is 7.69. The SMILES string of the molecule is CCCOc1ccc(CNC(=NC)NCc2sc(C)nc2C)cn1. The smallest absolute Gasteiger partial charge is 0.213 e. The highest BCUT2D eigenvalue weighted by Crippen LogP contribution is 2.16. The van der Waals surface area contributed by atoms with Gasteiger partial charge in [-0.2, -0.15) is 0 Å². The number of guanidine groups is 1. The van der Waals surface area contributed by atoms with E-state index in [4.69, 9.17) is 4.74 Å². The second-order valence-electron chi connectivity index (χ2n) is 5.37. The number of thiazole rings is 1. The van der Waals surface area contributed by atoms with Gasteiger partial charge in [0.1, 0.15) is 0 Å². The number of nitrogens with one attached hydrogen (secondary N) is 2. The monoisotopic (exact) mass is 347 g/mol. The molecule has 0 aliphatic carbocycles. The molecule has 0 radical (unpaired) electrons. The Hall–Kier alpha value is -2.15. The molecule has 130 valence electrons. The fourth-order valence-corrected chi connectivity index (χ4v) is 2.99. The molecule has 2 aromatic heterocycles. The first-order chi connectivity index (χ1) is 11.6. The van der Waals surface area contributed by atoms with Gasteiger partial charge in [-0.3, -0.25) is 4.99 Å². The molecule has 0 aromatic carbocycles. The molecule has 6 nitrogen and oxygen atoms in total. The number of aliphatic imine (C=N–C) groups is 1. The van der Waals surface area contributed by atoms with Gasteiger partial charge in [-0.25, -0.2) is 9.97 Å².